The minimum absolute atomic E-state index is 0.369. The van der Waals surface area contributed by atoms with Crippen molar-refractivity contribution in [1.82, 2.24) is 14.9 Å². The van der Waals surface area contributed by atoms with E-state index in [1.807, 2.05) is 24.4 Å². The van der Waals surface area contributed by atoms with Crippen molar-refractivity contribution in [3.05, 3.63) is 57.1 Å². The van der Waals surface area contributed by atoms with Gasteiger partial charge in [0, 0.05) is 59.5 Å². The number of hydrogen-bond acceptors (Lipinski definition) is 3. The van der Waals surface area contributed by atoms with Crippen LogP contribution in [0.5, 0.6) is 0 Å². The first-order valence-corrected chi connectivity index (χ1v) is 8.29. The van der Waals surface area contributed by atoms with Gasteiger partial charge in [-0.25, -0.2) is 9.97 Å². The zero-order chi connectivity index (χ0) is 15.7. The van der Waals surface area contributed by atoms with Gasteiger partial charge in [0.25, 0.3) is 0 Å². The van der Waals surface area contributed by atoms with Crippen LogP contribution in [0.2, 0.25) is 10.0 Å². The summed E-state index contributed by atoms with van der Waals surface area (Å²) < 4.78 is 0. The van der Waals surface area contributed by atoms with Gasteiger partial charge in [0.2, 0.25) is 0 Å². The second-order valence-corrected chi connectivity index (χ2v) is 6.89. The lowest BCUT2D eigenvalue weighted by molar-refractivity contribution is 0.242. The van der Waals surface area contributed by atoms with Gasteiger partial charge in [-0.3, -0.25) is 4.90 Å². The number of nitrogens with zero attached hydrogens (tertiary/aromatic N) is 3. The topological polar surface area (TPSA) is 29.0 Å². The molecule has 0 aliphatic carbocycles. The molecule has 2 aromatic rings. The van der Waals surface area contributed by atoms with Gasteiger partial charge in [-0.05, 0) is 23.8 Å². The standard InChI is InChI=1S/C17H19Cl2N3/c1-11(2)17-20-8-13-10-22(6-5-16(13)21-17)9-12-7-14(18)3-4-15(12)19/h3-4,7-8,11H,5-6,9-10H2,1-2H3. The van der Waals surface area contributed by atoms with E-state index in [0.717, 1.165) is 47.5 Å². The zero-order valence-electron chi connectivity index (χ0n) is 12.8. The summed E-state index contributed by atoms with van der Waals surface area (Å²) in [5.41, 5.74) is 3.47. The maximum absolute atomic E-state index is 6.26. The summed E-state index contributed by atoms with van der Waals surface area (Å²) in [5, 5.41) is 1.49. The molecule has 0 spiro atoms. The lowest BCUT2D eigenvalue weighted by Crippen LogP contribution is -2.31. The molecule has 0 saturated heterocycles. The Kier molecular flexibility index (Phi) is 4.67. The lowest BCUT2D eigenvalue weighted by Gasteiger charge is -2.28. The highest BCUT2D eigenvalue weighted by Crippen LogP contribution is 2.25. The third-order valence-corrected chi connectivity index (χ3v) is 4.55. The molecule has 0 N–H and O–H groups in total. The second kappa shape index (κ2) is 6.53. The van der Waals surface area contributed by atoms with Crippen molar-refractivity contribution >= 4 is 23.2 Å². The van der Waals surface area contributed by atoms with Crippen LogP contribution in [-0.4, -0.2) is 21.4 Å². The van der Waals surface area contributed by atoms with E-state index in [-0.39, 0.29) is 0 Å². The number of benzene rings is 1. The predicted molar refractivity (Wildman–Crippen MR) is 90.4 cm³/mol. The van der Waals surface area contributed by atoms with Crippen molar-refractivity contribution in [2.75, 3.05) is 6.54 Å². The molecule has 0 atom stereocenters. The highest BCUT2D eigenvalue weighted by atomic mass is 35.5. The first-order chi connectivity index (χ1) is 10.5. The van der Waals surface area contributed by atoms with Crippen LogP contribution in [0, 0.1) is 0 Å². The van der Waals surface area contributed by atoms with Gasteiger partial charge in [0.15, 0.2) is 0 Å². The molecule has 1 aromatic carbocycles. The Hall–Kier alpha value is -1.16. The van der Waals surface area contributed by atoms with E-state index in [2.05, 4.69) is 23.7 Å². The van der Waals surface area contributed by atoms with Crippen LogP contribution in [0.15, 0.2) is 24.4 Å². The van der Waals surface area contributed by atoms with Crippen LogP contribution in [0.4, 0.5) is 0 Å². The van der Waals surface area contributed by atoms with Gasteiger partial charge >= 0.3 is 0 Å². The maximum atomic E-state index is 6.26. The van der Waals surface area contributed by atoms with Crippen molar-refractivity contribution in [3.8, 4) is 0 Å². The van der Waals surface area contributed by atoms with Crippen molar-refractivity contribution in [1.29, 1.82) is 0 Å². The molecule has 1 aliphatic rings. The van der Waals surface area contributed by atoms with Gasteiger partial charge in [-0.15, -0.1) is 0 Å². The molecule has 0 radical (unpaired) electrons. The third kappa shape index (κ3) is 3.43. The molecule has 5 heteroatoms. The summed E-state index contributed by atoms with van der Waals surface area (Å²) in [6, 6.07) is 5.62. The first-order valence-electron chi connectivity index (χ1n) is 7.54. The number of aromatic nitrogens is 2. The highest BCUT2D eigenvalue weighted by molar-refractivity contribution is 6.33. The fourth-order valence-corrected chi connectivity index (χ4v) is 3.08. The quantitative estimate of drug-likeness (QED) is 0.828. The van der Waals surface area contributed by atoms with Crippen molar-refractivity contribution in [2.45, 2.75) is 39.3 Å². The number of hydrogen-bond donors (Lipinski definition) is 0. The van der Waals surface area contributed by atoms with Gasteiger partial charge in [-0.1, -0.05) is 37.0 Å². The fourth-order valence-electron chi connectivity index (χ4n) is 2.71. The Morgan fingerprint density at radius 3 is 2.86 bits per heavy atom. The Morgan fingerprint density at radius 1 is 1.27 bits per heavy atom. The molecule has 0 unspecified atom stereocenters. The molecule has 1 aliphatic heterocycles. The van der Waals surface area contributed by atoms with E-state index in [1.165, 1.54) is 11.3 Å². The monoisotopic (exact) mass is 335 g/mol. The minimum atomic E-state index is 0.369. The molecule has 22 heavy (non-hydrogen) atoms. The predicted octanol–water partition coefficient (Wildman–Crippen LogP) is 4.47. The Labute approximate surface area is 141 Å². The average Bonchev–Trinajstić information content (AvgIpc) is 2.50. The van der Waals surface area contributed by atoms with Gasteiger partial charge < -0.3 is 0 Å². The van der Waals surface area contributed by atoms with Crippen LogP contribution in [-0.2, 0) is 19.5 Å². The molecular weight excluding hydrogens is 317 g/mol. The molecule has 116 valence electrons. The summed E-state index contributed by atoms with van der Waals surface area (Å²) >= 11 is 12.3. The van der Waals surface area contributed by atoms with Crippen LogP contribution in [0.25, 0.3) is 0 Å². The van der Waals surface area contributed by atoms with E-state index < -0.39 is 0 Å². The van der Waals surface area contributed by atoms with E-state index in [9.17, 15) is 0 Å². The fraction of sp³-hybridized carbons (Fsp3) is 0.412. The molecule has 2 heterocycles. The molecule has 0 saturated carbocycles. The van der Waals surface area contributed by atoms with Crippen LogP contribution >= 0.6 is 23.2 Å². The minimum Gasteiger partial charge on any atom is -0.294 e. The normalized spacial score (nSPS) is 15.1. The van der Waals surface area contributed by atoms with Crippen LogP contribution in [0.1, 0.15) is 42.4 Å². The number of halogens is 2. The molecule has 0 bridgehead atoms. The van der Waals surface area contributed by atoms with E-state index in [1.54, 1.807) is 0 Å². The largest absolute Gasteiger partial charge is 0.294 e. The average molecular weight is 336 g/mol. The SMILES string of the molecule is CC(C)c1ncc2c(n1)CCN(Cc1cc(Cl)ccc1Cl)C2. The molecule has 1 aromatic heterocycles. The number of rotatable bonds is 3. The smallest absolute Gasteiger partial charge is 0.131 e. The zero-order valence-corrected chi connectivity index (χ0v) is 14.3. The molecule has 3 nitrogen and oxygen atoms in total. The number of fused-ring (bicyclic) bond motifs is 1. The maximum Gasteiger partial charge on any atom is 0.131 e. The first kappa shape index (κ1) is 15.7. The summed E-state index contributed by atoms with van der Waals surface area (Å²) in [6.07, 6.45) is 2.93. The van der Waals surface area contributed by atoms with Gasteiger partial charge in [0.05, 0.1) is 0 Å². The van der Waals surface area contributed by atoms with Crippen LogP contribution < -0.4 is 0 Å². The highest BCUT2D eigenvalue weighted by Gasteiger charge is 2.19. The summed E-state index contributed by atoms with van der Waals surface area (Å²) in [4.78, 5) is 11.5. The second-order valence-electron chi connectivity index (χ2n) is 6.05. The van der Waals surface area contributed by atoms with Crippen molar-refractivity contribution in [3.63, 3.8) is 0 Å². The summed E-state index contributed by atoms with van der Waals surface area (Å²) in [5.74, 6) is 1.30. The Bertz CT molecular complexity index is 686. The van der Waals surface area contributed by atoms with Crippen molar-refractivity contribution in [2.24, 2.45) is 0 Å². The Morgan fingerprint density at radius 2 is 2.09 bits per heavy atom. The molecule has 0 amide bonds. The van der Waals surface area contributed by atoms with E-state index in [0.29, 0.717) is 5.92 Å². The Balaban J connectivity index is 1.76. The summed E-state index contributed by atoms with van der Waals surface area (Å²) in [6.45, 7) is 6.88. The molecular formula is C17H19Cl2N3. The van der Waals surface area contributed by atoms with Crippen LogP contribution in [0.3, 0.4) is 0 Å². The third-order valence-electron chi connectivity index (χ3n) is 3.95. The van der Waals surface area contributed by atoms with Crippen molar-refractivity contribution < 1.29 is 0 Å². The molecule has 0 fully saturated rings. The summed E-state index contributed by atoms with van der Waals surface area (Å²) in [7, 11) is 0. The van der Waals surface area contributed by atoms with E-state index >= 15 is 0 Å². The lowest BCUT2D eigenvalue weighted by atomic mass is 10.1. The van der Waals surface area contributed by atoms with E-state index in [4.69, 9.17) is 28.2 Å². The van der Waals surface area contributed by atoms with Gasteiger partial charge in [-0.2, -0.15) is 0 Å². The van der Waals surface area contributed by atoms with Gasteiger partial charge in [0.1, 0.15) is 5.82 Å². The molecule has 3 rings (SSSR count).